The third kappa shape index (κ3) is 2.08. The molecule has 0 aliphatic carbocycles. The average Bonchev–Trinajstić information content (AvgIpc) is 3.22. The minimum atomic E-state index is 0.175. The topological polar surface area (TPSA) is 49.2 Å². The molecule has 3 rings (SSSR count). The lowest BCUT2D eigenvalue weighted by Crippen LogP contribution is -2.05. The van der Waals surface area contributed by atoms with Crippen molar-refractivity contribution >= 4 is 10.8 Å². The monoisotopic (exact) mass is 241 g/mol. The van der Waals surface area contributed by atoms with E-state index < -0.39 is 0 Å². The molecule has 0 amide bonds. The van der Waals surface area contributed by atoms with Gasteiger partial charge in [-0.05, 0) is 11.5 Å². The second kappa shape index (κ2) is 4.55. The van der Waals surface area contributed by atoms with Crippen LogP contribution in [0.4, 0.5) is 0 Å². The Balaban J connectivity index is 2.04. The van der Waals surface area contributed by atoms with Crippen LogP contribution in [0.2, 0.25) is 0 Å². The maximum atomic E-state index is 10.5. The van der Waals surface area contributed by atoms with Crippen LogP contribution in [0.15, 0.2) is 36.4 Å². The Morgan fingerprint density at radius 3 is 2.94 bits per heavy atom. The van der Waals surface area contributed by atoms with Crippen LogP contribution in [0.1, 0.15) is 5.56 Å². The van der Waals surface area contributed by atoms with Crippen molar-refractivity contribution in [3.8, 4) is 11.8 Å². The molecule has 1 saturated heterocycles. The second-order valence-corrected chi connectivity index (χ2v) is 4.13. The number of epoxide rings is 1. The highest BCUT2D eigenvalue weighted by Crippen LogP contribution is 2.28. The highest BCUT2D eigenvalue weighted by Gasteiger charge is 2.24. The van der Waals surface area contributed by atoms with E-state index in [-0.39, 0.29) is 6.10 Å². The third-order valence-corrected chi connectivity index (χ3v) is 2.88. The molecule has 2 aromatic carbocycles. The van der Waals surface area contributed by atoms with E-state index >= 15 is 0 Å². The average molecular weight is 241 g/mol. The fourth-order valence-corrected chi connectivity index (χ4v) is 1.88. The number of benzene rings is 2. The Bertz CT molecular complexity index is 638. The van der Waals surface area contributed by atoms with Crippen molar-refractivity contribution < 1.29 is 9.47 Å². The van der Waals surface area contributed by atoms with E-state index in [9.17, 15) is 5.21 Å². The van der Waals surface area contributed by atoms with Gasteiger partial charge >= 0.3 is 6.07 Å². The van der Waals surface area contributed by atoms with Crippen LogP contribution in [-0.2, 0) is 4.74 Å². The van der Waals surface area contributed by atoms with Crippen LogP contribution in [-0.4, -0.2) is 19.3 Å². The quantitative estimate of drug-likeness (QED) is 0.613. The van der Waals surface area contributed by atoms with Gasteiger partial charge in [-0.3, -0.25) is 0 Å². The van der Waals surface area contributed by atoms with Crippen molar-refractivity contribution in [2.24, 2.45) is 0 Å². The van der Waals surface area contributed by atoms with Crippen LogP contribution >= 0.6 is 0 Å². The van der Waals surface area contributed by atoms with Crippen molar-refractivity contribution in [2.75, 3.05) is 13.2 Å². The van der Waals surface area contributed by atoms with Crippen molar-refractivity contribution in [1.29, 1.82) is 0 Å². The van der Waals surface area contributed by atoms with Gasteiger partial charge in [0.05, 0.1) is 6.61 Å². The van der Waals surface area contributed by atoms with E-state index in [2.05, 4.69) is 11.1 Å². The lowest BCUT2D eigenvalue weighted by molar-refractivity contribution is 0.263. The molecular weight excluding hydrogens is 230 g/mol. The predicted octanol–water partition coefficient (Wildman–Crippen LogP) is 2.80. The van der Waals surface area contributed by atoms with Gasteiger partial charge in [0.2, 0.25) is 0 Å². The summed E-state index contributed by atoms with van der Waals surface area (Å²) in [6, 6.07) is 14.0. The molecule has 1 atom stereocenters. The van der Waals surface area contributed by atoms with Gasteiger partial charge in [0, 0.05) is 10.4 Å². The molecule has 1 aliphatic rings. The summed E-state index contributed by atoms with van der Waals surface area (Å²) in [7, 11) is 0. The van der Waals surface area contributed by atoms with Gasteiger partial charge in [0.1, 0.15) is 18.5 Å². The molecule has 90 valence electrons. The van der Waals surface area contributed by atoms with Gasteiger partial charge in [0.25, 0.3) is 0 Å². The fraction of sp³-hybridized carbons (Fsp3) is 0.214. The van der Waals surface area contributed by atoms with E-state index in [0.29, 0.717) is 17.9 Å². The molecule has 1 heterocycles. The lowest BCUT2D eigenvalue weighted by atomic mass is 10.0. The molecule has 2 aromatic rings. The highest BCUT2D eigenvalue weighted by atomic mass is 16.6. The van der Waals surface area contributed by atoms with Gasteiger partial charge in [0.15, 0.2) is 5.56 Å². The summed E-state index contributed by atoms with van der Waals surface area (Å²) in [5.41, 5.74) is 0.601. The summed E-state index contributed by atoms with van der Waals surface area (Å²) in [6.45, 7) is 1.23. The molecule has 0 bridgehead atoms. The van der Waals surface area contributed by atoms with Crippen molar-refractivity contribution in [2.45, 2.75) is 6.10 Å². The zero-order valence-corrected chi connectivity index (χ0v) is 9.63. The van der Waals surface area contributed by atoms with Gasteiger partial charge in [-0.15, -0.1) is 0 Å². The van der Waals surface area contributed by atoms with Gasteiger partial charge in [-0.25, -0.2) is 0 Å². The fourth-order valence-electron chi connectivity index (χ4n) is 1.88. The van der Waals surface area contributed by atoms with Crippen molar-refractivity contribution in [3.63, 3.8) is 0 Å². The van der Waals surface area contributed by atoms with E-state index in [0.717, 1.165) is 17.4 Å². The summed E-state index contributed by atoms with van der Waals surface area (Å²) in [6.07, 6.45) is 0.175. The number of nitrogens with zero attached hydrogens (tertiary/aromatic N) is 1. The summed E-state index contributed by atoms with van der Waals surface area (Å²) in [4.78, 5) is 0. The second-order valence-electron chi connectivity index (χ2n) is 4.13. The molecule has 0 spiro atoms. The standard InChI is InChI=1S/C14H11NO3/c16-15-7-13-12-4-2-1-3-10(12)5-6-14(13)18-9-11-8-17-11/h1-6,11H,8-9H2. The van der Waals surface area contributed by atoms with Crippen LogP contribution in [0.5, 0.6) is 5.75 Å². The molecular formula is C14H11NO3. The Morgan fingerprint density at radius 2 is 2.17 bits per heavy atom. The molecule has 0 N–H and O–H groups in total. The summed E-state index contributed by atoms with van der Waals surface area (Å²) < 4.78 is 10.7. The van der Waals surface area contributed by atoms with E-state index in [1.807, 2.05) is 36.4 Å². The van der Waals surface area contributed by atoms with Gasteiger partial charge < -0.3 is 14.7 Å². The first-order valence-electron chi connectivity index (χ1n) is 5.73. The van der Waals surface area contributed by atoms with Crippen LogP contribution in [0, 0.1) is 11.3 Å². The molecule has 18 heavy (non-hydrogen) atoms. The molecule has 1 aliphatic heterocycles. The predicted molar refractivity (Wildman–Crippen MR) is 68.9 cm³/mol. The van der Waals surface area contributed by atoms with Crippen LogP contribution in [0.3, 0.4) is 0 Å². The highest BCUT2D eigenvalue weighted by molar-refractivity contribution is 5.90. The first-order valence-corrected chi connectivity index (χ1v) is 5.73. The Kier molecular flexibility index (Phi) is 2.75. The number of fused-ring (bicyclic) bond motifs is 1. The molecule has 0 radical (unpaired) electrons. The summed E-state index contributed by atoms with van der Waals surface area (Å²) >= 11 is 0. The Hall–Kier alpha value is -2.25. The maximum absolute atomic E-state index is 10.5. The Morgan fingerprint density at radius 1 is 1.33 bits per heavy atom. The van der Waals surface area contributed by atoms with E-state index in [1.54, 1.807) is 0 Å². The maximum Gasteiger partial charge on any atom is 0.341 e. The number of hydrogen-bond donors (Lipinski definition) is 0. The largest absolute Gasteiger partial charge is 0.498 e. The number of rotatable bonds is 3. The first kappa shape index (κ1) is 10.9. The molecule has 1 fully saturated rings. The Labute approximate surface area is 104 Å². The number of hydrogen-bond acceptors (Lipinski definition) is 3. The van der Waals surface area contributed by atoms with E-state index in [1.165, 1.54) is 0 Å². The summed E-state index contributed by atoms with van der Waals surface area (Å²) in [5, 5.41) is 15.2. The zero-order valence-electron chi connectivity index (χ0n) is 9.63. The number of ether oxygens (including phenoxy) is 2. The zero-order chi connectivity index (χ0) is 12.4. The minimum absolute atomic E-state index is 0.175. The molecule has 1 unspecified atom stereocenters. The molecule has 0 saturated carbocycles. The van der Waals surface area contributed by atoms with Gasteiger partial charge in [-0.2, -0.15) is 0 Å². The van der Waals surface area contributed by atoms with Crippen molar-refractivity contribution in [1.82, 2.24) is 0 Å². The van der Waals surface area contributed by atoms with Gasteiger partial charge in [-0.1, -0.05) is 30.3 Å². The lowest BCUT2D eigenvalue weighted by Gasteiger charge is -2.07. The minimum Gasteiger partial charge on any atom is -0.498 e. The smallest absolute Gasteiger partial charge is 0.341 e. The molecule has 0 aromatic heterocycles. The van der Waals surface area contributed by atoms with Crippen molar-refractivity contribution in [3.05, 3.63) is 52.2 Å². The van der Waals surface area contributed by atoms with Crippen LogP contribution in [0.25, 0.3) is 15.8 Å². The first-order chi connectivity index (χ1) is 8.88. The third-order valence-electron chi connectivity index (χ3n) is 2.88. The van der Waals surface area contributed by atoms with Crippen LogP contribution < -0.4 is 4.74 Å². The van der Waals surface area contributed by atoms with E-state index in [4.69, 9.17) is 9.47 Å². The normalized spacial score (nSPS) is 17.0. The molecule has 4 heteroatoms. The summed E-state index contributed by atoms with van der Waals surface area (Å²) in [5.74, 6) is 0.615. The SMILES string of the molecule is [O-][N+]#Cc1c(OCC2CO2)ccc2ccccc12. The molecule has 4 nitrogen and oxygen atoms in total.